The summed E-state index contributed by atoms with van der Waals surface area (Å²) in [5, 5.41) is 5.25. The fraction of sp³-hybridized carbons (Fsp3) is 0.462. The lowest BCUT2D eigenvalue weighted by Gasteiger charge is -2.15. The van der Waals surface area contributed by atoms with Crippen molar-refractivity contribution in [2.75, 3.05) is 23.9 Å². The van der Waals surface area contributed by atoms with Gasteiger partial charge in [0.2, 0.25) is 0 Å². The Bertz CT molecular complexity index is 499. The van der Waals surface area contributed by atoms with Crippen LogP contribution in [0.1, 0.15) is 22.3 Å². The summed E-state index contributed by atoms with van der Waals surface area (Å²) >= 11 is 1.73. The van der Waals surface area contributed by atoms with Gasteiger partial charge in [-0.05, 0) is 30.4 Å². The third-order valence-corrected chi connectivity index (χ3v) is 4.28. The number of nitrogens with one attached hydrogen (secondary N) is 2. The van der Waals surface area contributed by atoms with Crippen LogP contribution in [-0.4, -0.2) is 30.5 Å². The van der Waals surface area contributed by atoms with E-state index in [1.165, 1.54) is 19.2 Å². The zero-order chi connectivity index (χ0) is 14.8. The second-order valence-electron chi connectivity index (χ2n) is 4.54. The molecule has 1 saturated heterocycles. The van der Waals surface area contributed by atoms with Crippen LogP contribution in [0.2, 0.25) is 0 Å². The van der Waals surface area contributed by atoms with E-state index in [9.17, 15) is 18.0 Å². The number of hydrogen-bond donors (Lipinski definition) is 2. The van der Waals surface area contributed by atoms with Gasteiger partial charge in [0, 0.05) is 30.1 Å². The SMILES string of the molecule is CNc1ccc(C(=O)NC2CCSC2)cc1C(F)(F)F. The Morgan fingerprint density at radius 1 is 1.40 bits per heavy atom. The van der Waals surface area contributed by atoms with E-state index < -0.39 is 17.6 Å². The van der Waals surface area contributed by atoms with E-state index in [2.05, 4.69) is 10.6 Å². The molecular weight excluding hydrogens is 289 g/mol. The number of hydrogen-bond acceptors (Lipinski definition) is 3. The number of amides is 1. The van der Waals surface area contributed by atoms with E-state index in [-0.39, 0.29) is 17.3 Å². The van der Waals surface area contributed by atoms with Crippen molar-refractivity contribution in [2.45, 2.75) is 18.6 Å². The van der Waals surface area contributed by atoms with E-state index >= 15 is 0 Å². The van der Waals surface area contributed by atoms with Gasteiger partial charge in [-0.25, -0.2) is 0 Å². The second kappa shape index (κ2) is 5.95. The Balaban J connectivity index is 2.21. The van der Waals surface area contributed by atoms with E-state index in [1.807, 2.05) is 0 Å². The summed E-state index contributed by atoms with van der Waals surface area (Å²) in [5.74, 6) is 1.33. The maximum atomic E-state index is 12.9. The molecule has 0 radical (unpaired) electrons. The van der Waals surface area contributed by atoms with E-state index in [4.69, 9.17) is 0 Å². The van der Waals surface area contributed by atoms with Crippen molar-refractivity contribution in [3.63, 3.8) is 0 Å². The van der Waals surface area contributed by atoms with Crippen LogP contribution >= 0.6 is 11.8 Å². The Hall–Kier alpha value is -1.37. The Labute approximate surface area is 119 Å². The lowest BCUT2D eigenvalue weighted by Crippen LogP contribution is -2.34. The van der Waals surface area contributed by atoms with E-state index in [1.54, 1.807) is 11.8 Å². The van der Waals surface area contributed by atoms with Gasteiger partial charge in [-0.1, -0.05) is 0 Å². The zero-order valence-corrected chi connectivity index (χ0v) is 11.7. The number of carbonyl (C=O) groups excluding carboxylic acids is 1. The van der Waals surface area contributed by atoms with Gasteiger partial charge in [-0.3, -0.25) is 4.79 Å². The summed E-state index contributed by atoms with van der Waals surface area (Å²) in [6.45, 7) is 0. The summed E-state index contributed by atoms with van der Waals surface area (Å²) in [5.41, 5.74) is -0.827. The monoisotopic (exact) mass is 304 g/mol. The minimum absolute atomic E-state index is 0.0354. The van der Waals surface area contributed by atoms with Gasteiger partial charge in [0.05, 0.1) is 5.56 Å². The molecule has 1 unspecified atom stereocenters. The summed E-state index contributed by atoms with van der Waals surface area (Å²) in [6, 6.07) is 3.62. The van der Waals surface area contributed by atoms with Crippen LogP contribution in [0.25, 0.3) is 0 Å². The number of halogens is 3. The zero-order valence-electron chi connectivity index (χ0n) is 10.9. The smallest absolute Gasteiger partial charge is 0.388 e. The molecule has 3 nitrogen and oxygen atoms in total. The largest absolute Gasteiger partial charge is 0.418 e. The minimum Gasteiger partial charge on any atom is -0.388 e. The van der Waals surface area contributed by atoms with Gasteiger partial charge in [-0.2, -0.15) is 24.9 Å². The molecule has 0 aromatic heterocycles. The molecule has 1 aliphatic rings. The van der Waals surface area contributed by atoms with Crippen molar-refractivity contribution < 1.29 is 18.0 Å². The van der Waals surface area contributed by atoms with Crippen LogP contribution < -0.4 is 10.6 Å². The van der Waals surface area contributed by atoms with Gasteiger partial charge >= 0.3 is 6.18 Å². The first-order valence-electron chi connectivity index (χ1n) is 6.19. The number of carbonyl (C=O) groups is 1. The molecule has 2 N–H and O–H groups in total. The predicted octanol–water partition coefficient (Wildman–Crippen LogP) is 2.98. The first-order valence-corrected chi connectivity index (χ1v) is 7.35. The quantitative estimate of drug-likeness (QED) is 0.902. The van der Waals surface area contributed by atoms with Crippen molar-refractivity contribution in [2.24, 2.45) is 0 Å². The third-order valence-electron chi connectivity index (χ3n) is 3.12. The highest BCUT2D eigenvalue weighted by Crippen LogP contribution is 2.35. The Morgan fingerprint density at radius 3 is 2.70 bits per heavy atom. The fourth-order valence-electron chi connectivity index (χ4n) is 2.06. The van der Waals surface area contributed by atoms with Crippen LogP contribution in [-0.2, 0) is 6.18 Å². The molecule has 1 heterocycles. The average Bonchev–Trinajstić information content (AvgIpc) is 2.89. The number of thioether (sulfide) groups is 1. The molecule has 110 valence electrons. The van der Waals surface area contributed by atoms with Crippen molar-refractivity contribution >= 4 is 23.4 Å². The second-order valence-corrected chi connectivity index (χ2v) is 5.69. The molecule has 20 heavy (non-hydrogen) atoms. The van der Waals surface area contributed by atoms with Crippen LogP contribution in [0, 0.1) is 0 Å². The van der Waals surface area contributed by atoms with Gasteiger partial charge in [0.25, 0.3) is 5.91 Å². The van der Waals surface area contributed by atoms with Crippen LogP contribution in [0.5, 0.6) is 0 Å². The number of anilines is 1. The molecular formula is C13H15F3N2OS. The Morgan fingerprint density at radius 2 is 2.15 bits per heavy atom. The van der Waals surface area contributed by atoms with Crippen LogP contribution in [0.3, 0.4) is 0 Å². The van der Waals surface area contributed by atoms with Gasteiger partial charge in [-0.15, -0.1) is 0 Å². The van der Waals surface area contributed by atoms with Gasteiger partial charge < -0.3 is 10.6 Å². The molecule has 7 heteroatoms. The van der Waals surface area contributed by atoms with Gasteiger partial charge in [0.15, 0.2) is 0 Å². The molecule has 0 spiro atoms. The molecule has 1 atom stereocenters. The molecule has 2 rings (SSSR count). The highest BCUT2D eigenvalue weighted by molar-refractivity contribution is 7.99. The minimum atomic E-state index is -4.49. The first kappa shape index (κ1) is 15.0. The van der Waals surface area contributed by atoms with E-state index in [0.29, 0.717) is 0 Å². The average molecular weight is 304 g/mol. The fourth-order valence-corrected chi connectivity index (χ4v) is 3.21. The van der Waals surface area contributed by atoms with Crippen LogP contribution in [0.4, 0.5) is 18.9 Å². The Kier molecular flexibility index (Phi) is 4.47. The molecule has 1 aromatic rings. The number of benzene rings is 1. The molecule has 1 aliphatic heterocycles. The first-order chi connectivity index (χ1) is 9.41. The predicted molar refractivity (Wildman–Crippen MR) is 74.2 cm³/mol. The van der Waals surface area contributed by atoms with Crippen molar-refractivity contribution in [3.05, 3.63) is 29.3 Å². The summed E-state index contributed by atoms with van der Waals surface area (Å²) in [7, 11) is 1.42. The van der Waals surface area contributed by atoms with E-state index in [0.717, 1.165) is 24.0 Å². The standard InChI is InChI=1S/C13H15F3N2OS/c1-17-11-3-2-8(6-10(11)13(14,15)16)12(19)18-9-4-5-20-7-9/h2-3,6,9,17H,4-5,7H2,1H3,(H,18,19). The van der Waals surface area contributed by atoms with Crippen molar-refractivity contribution in [3.8, 4) is 0 Å². The molecule has 0 aliphatic carbocycles. The topological polar surface area (TPSA) is 41.1 Å². The summed E-state index contributed by atoms with van der Waals surface area (Å²) < 4.78 is 38.7. The van der Waals surface area contributed by atoms with Crippen LogP contribution in [0.15, 0.2) is 18.2 Å². The lowest BCUT2D eigenvalue weighted by atomic mass is 10.1. The highest BCUT2D eigenvalue weighted by Gasteiger charge is 2.34. The number of rotatable bonds is 3. The molecule has 1 amide bonds. The summed E-state index contributed by atoms with van der Waals surface area (Å²) in [4.78, 5) is 12.0. The number of alkyl halides is 3. The molecule has 0 saturated carbocycles. The van der Waals surface area contributed by atoms with Crippen molar-refractivity contribution in [1.29, 1.82) is 0 Å². The van der Waals surface area contributed by atoms with Gasteiger partial charge in [0.1, 0.15) is 0 Å². The normalized spacial score (nSPS) is 18.9. The lowest BCUT2D eigenvalue weighted by molar-refractivity contribution is -0.136. The molecule has 1 aromatic carbocycles. The summed E-state index contributed by atoms with van der Waals surface area (Å²) in [6.07, 6.45) is -3.63. The molecule has 0 bridgehead atoms. The maximum absolute atomic E-state index is 12.9. The van der Waals surface area contributed by atoms with Crippen molar-refractivity contribution in [1.82, 2.24) is 5.32 Å². The highest BCUT2D eigenvalue weighted by atomic mass is 32.2. The molecule has 1 fully saturated rings. The maximum Gasteiger partial charge on any atom is 0.418 e. The third kappa shape index (κ3) is 3.39.